The lowest BCUT2D eigenvalue weighted by atomic mass is 10.00. The Hall–Kier alpha value is -2.22. The molecular weight excluding hydrogens is 560 g/mol. The Morgan fingerprint density at radius 1 is 1.14 bits per heavy atom. The van der Waals surface area contributed by atoms with Crippen LogP contribution in [-0.4, -0.2) is 46.6 Å². The van der Waals surface area contributed by atoms with Gasteiger partial charge in [-0.15, -0.1) is 0 Å². The molecule has 0 aliphatic carbocycles. The van der Waals surface area contributed by atoms with Gasteiger partial charge in [-0.3, -0.25) is 4.79 Å². The first-order chi connectivity index (χ1) is 17.5. The minimum Gasteiger partial charge on any atom is -0.495 e. The quantitative estimate of drug-likeness (QED) is 0.182. The molecule has 2 aromatic carbocycles. The third kappa shape index (κ3) is 11.8. The zero-order chi connectivity index (χ0) is 27.4. The predicted molar refractivity (Wildman–Crippen MR) is 149 cm³/mol. The van der Waals surface area contributed by atoms with Crippen molar-refractivity contribution in [3.05, 3.63) is 82.9 Å². The Kier molecular flexibility index (Phi) is 12.8. The molecule has 0 aromatic heterocycles. The average Bonchev–Trinajstić information content (AvgIpc) is 2.85. The van der Waals surface area contributed by atoms with Crippen LogP contribution in [0.2, 0.25) is 5.02 Å². The Balaban J connectivity index is 2.00. The molecule has 0 fully saturated rings. The molecule has 200 valence electrons. The van der Waals surface area contributed by atoms with Crippen LogP contribution in [0.3, 0.4) is 0 Å². The number of ether oxygens (including phenoxy) is 2. The molecule has 0 bridgehead atoms. The highest BCUT2D eigenvalue weighted by molar-refractivity contribution is 6.67. The van der Waals surface area contributed by atoms with Crippen molar-refractivity contribution in [2.45, 2.75) is 35.7 Å². The zero-order valence-corrected chi connectivity index (χ0v) is 23.4. The van der Waals surface area contributed by atoms with E-state index in [4.69, 9.17) is 55.9 Å². The third-order valence-electron chi connectivity index (χ3n) is 5.28. The fraction of sp³-hybridized carbons (Fsp3) is 0.333. The van der Waals surface area contributed by atoms with Crippen LogP contribution in [-0.2, 0) is 20.7 Å². The van der Waals surface area contributed by atoms with E-state index in [9.17, 15) is 14.7 Å². The van der Waals surface area contributed by atoms with Crippen LogP contribution in [0.4, 0.5) is 0 Å². The maximum atomic E-state index is 12.7. The second kappa shape index (κ2) is 15.3. The molecule has 2 unspecified atom stereocenters. The molecule has 37 heavy (non-hydrogen) atoms. The van der Waals surface area contributed by atoms with Gasteiger partial charge in [0.2, 0.25) is 9.70 Å². The van der Waals surface area contributed by atoms with Gasteiger partial charge in [0, 0.05) is 12.3 Å². The SMILES string of the molecule is COc1ccc(CC(NC(=O)/C=C/C[C@H](O)C(C)/C=C/c2ccccc2)C(=O)OCC(Cl)(Cl)Cl)cc1Cl. The molecule has 6 nitrogen and oxygen atoms in total. The zero-order valence-electron chi connectivity index (χ0n) is 20.4. The highest BCUT2D eigenvalue weighted by Gasteiger charge is 2.27. The summed E-state index contributed by atoms with van der Waals surface area (Å²) in [7, 11) is 1.49. The summed E-state index contributed by atoms with van der Waals surface area (Å²) in [6.45, 7) is 1.40. The number of benzene rings is 2. The second-order valence-electron chi connectivity index (χ2n) is 8.29. The number of halogens is 4. The summed E-state index contributed by atoms with van der Waals surface area (Å²) >= 11 is 23.2. The number of carbonyl (C=O) groups is 2. The molecule has 2 rings (SSSR count). The fourth-order valence-electron chi connectivity index (χ4n) is 3.22. The van der Waals surface area contributed by atoms with Crippen molar-refractivity contribution in [3.8, 4) is 5.75 Å². The van der Waals surface area contributed by atoms with E-state index in [0.29, 0.717) is 16.3 Å². The second-order valence-corrected chi connectivity index (χ2v) is 11.2. The van der Waals surface area contributed by atoms with Crippen LogP contribution in [0.25, 0.3) is 6.08 Å². The average molecular weight is 589 g/mol. The number of nitrogens with one attached hydrogen (secondary N) is 1. The maximum Gasteiger partial charge on any atom is 0.329 e. The van der Waals surface area contributed by atoms with Gasteiger partial charge in [0.1, 0.15) is 18.4 Å². The number of esters is 1. The molecule has 0 aliphatic rings. The summed E-state index contributed by atoms with van der Waals surface area (Å²) in [5.41, 5.74) is 1.68. The van der Waals surface area contributed by atoms with Crippen molar-refractivity contribution in [2.75, 3.05) is 13.7 Å². The molecule has 0 heterocycles. The molecule has 2 aromatic rings. The summed E-state index contributed by atoms with van der Waals surface area (Å²) in [5.74, 6) is -0.994. The first-order valence-corrected chi connectivity index (χ1v) is 12.9. The Labute approximate surface area is 237 Å². The van der Waals surface area contributed by atoms with Gasteiger partial charge in [0.25, 0.3) is 0 Å². The molecule has 2 N–H and O–H groups in total. The highest BCUT2D eigenvalue weighted by Crippen LogP contribution is 2.27. The van der Waals surface area contributed by atoms with Gasteiger partial charge in [0.15, 0.2) is 0 Å². The maximum absolute atomic E-state index is 12.7. The number of methoxy groups -OCH3 is 1. The number of hydrogen-bond acceptors (Lipinski definition) is 5. The van der Waals surface area contributed by atoms with Crippen LogP contribution < -0.4 is 10.1 Å². The van der Waals surface area contributed by atoms with Crippen LogP contribution in [0.5, 0.6) is 5.75 Å². The lowest BCUT2D eigenvalue weighted by Crippen LogP contribution is -2.43. The van der Waals surface area contributed by atoms with Crippen molar-refractivity contribution >= 4 is 64.4 Å². The molecule has 3 atom stereocenters. The number of rotatable bonds is 12. The number of hydrogen-bond donors (Lipinski definition) is 2. The molecule has 0 spiro atoms. The third-order valence-corrected chi connectivity index (χ3v) is 5.90. The molecule has 10 heteroatoms. The summed E-state index contributed by atoms with van der Waals surface area (Å²) in [5, 5.41) is 13.4. The molecular formula is C27H29Cl4NO5. The Bertz CT molecular complexity index is 1090. The van der Waals surface area contributed by atoms with Crippen molar-refractivity contribution < 1.29 is 24.2 Å². The van der Waals surface area contributed by atoms with Crippen LogP contribution in [0, 0.1) is 5.92 Å². The van der Waals surface area contributed by atoms with Gasteiger partial charge < -0.3 is 19.9 Å². The number of aliphatic hydroxyl groups is 1. The standard InChI is InChI=1S/C27H29Cl4NO5/c1-18(11-12-19-7-4-3-5-8-19)23(33)9-6-10-25(34)32-22(26(35)37-17-27(29,30)31)16-20-13-14-24(36-2)21(28)15-20/h3-8,10-15,18,22-23,33H,9,16-17H2,1-2H3,(H,32,34)/b10-6+,12-11+/t18?,22?,23-/m0/s1. The number of aliphatic hydroxyl groups excluding tert-OH is 1. The fourth-order valence-corrected chi connectivity index (χ4v) is 3.67. The minimum atomic E-state index is -1.80. The first kappa shape index (κ1) is 31.0. The van der Waals surface area contributed by atoms with Gasteiger partial charge in [-0.2, -0.15) is 0 Å². The molecule has 0 radical (unpaired) electrons. The number of carbonyl (C=O) groups excluding carboxylic acids is 2. The van der Waals surface area contributed by atoms with Gasteiger partial charge in [0.05, 0.1) is 18.2 Å². The molecule has 1 amide bonds. The summed E-state index contributed by atoms with van der Waals surface area (Å²) in [6.07, 6.45) is 6.26. The molecule has 0 saturated heterocycles. The largest absolute Gasteiger partial charge is 0.495 e. The van der Waals surface area contributed by atoms with Crippen LogP contribution in [0.15, 0.2) is 66.8 Å². The van der Waals surface area contributed by atoms with E-state index in [1.165, 1.54) is 13.2 Å². The van der Waals surface area contributed by atoms with Gasteiger partial charge in [-0.1, -0.05) is 108 Å². The van der Waals surface area contributed by atoms with E-state index >= 15 is 0 Å². The van der Waals surface area contributed by atoms with Crippen LogP contribution in [0.1, 0.15) is 24.5 Å². The lowest BCUT2D eigenvalue weighted by Gasteiger charge is -2.19. The summed E-state index contributed by atoms with van der Waals surface area (Å²) in [6, 6.07) is 13.6. The summed E-state index contributed by atoms with van der Waals surface area (Å²) < 4.78 is 8.42. The molecule has 0 saturated carbocycles. The Morgan fingerprint density at radius 3 is 2.46 bits per heavy atom. The predicted octanol–water partition coefficient (Wildman–Crippen LogP) is 5.95. The number of amides is 1. The smallest absolute Gasteiger partial charge is 0.329 e. The van der Waals surface area contributed by atoms with E-state index < -0.39 is 34.4 Å². The van der Waals surface area contributed by atoms with Crippen molar-refractivity contribution in [3.63, 3.8) is 0 Å². The Morgan fingerprint density at radius 2 is 1.84 bits per heavy atom. The monoisotopic (exact) mass is 587 g/mol. The number of alkyl halides is 3. The normalized spacial score (nSPS) is 14.4. The van der Waals surface area contributed by atoms with Crippen LogP contribution >= 0.6 is 46.4 Å². The highest BCUT2D eigenvalue weighted by atomic mass is 35.6. The summed E-state index contributed by atoms with van der Waals surface area (Å²) in [4.78, 5) is 25.2. The van der Waals surface area contributed by atoms with E-state index in [2.05, 4.69) is 5.32 Å². The van der Waals surface area contributed by atoms with Gasteiger partial charge in [-0.25, -0.2) is 4.79 Å². The van der Waals surface area contributed by atoms with Gasteiger partial charge in [-0.05, 0) is 35.8 Å². The van der Waals surface area contributed by atoms with E-state index in [1.807, 2.05) is 49.4 Å². The molecule has 0 aliphatic heterocycles. The minimum absolute atomic E-state index is 0.0753. The van der Waals surface area contributed by atoms with E-state index in [1.54, 1.807) is 24.3 Å². The van der Waals surface area contributed by atoms with Gasteiger partial charge >= 0.3 is 5.97 Å². The van der Waals surface area contributed by atoms with E-state index in [-0.39, 0.29) is 18.8 Å². The lowest BCUT2D eigenvalue weighted by molar-refractivity contribution is -0.147. The van der Waals surface area contributed by atoms with Crippen molar-refractivity contribution in [1.29, 1.82) is 0 Å². The van der Waals surface area contributed by atoms with E-state index in [0.717, 1.165) is 5.56 Å². The first-order valence-electron chi connectivity index (χ1n) is 11.4. The van der Waals surface area contributed by atoms with Crippen molar-refractivity contribution in [2.24, 2.45) is 5.92 Å². The van der Waals surface area contributed by atoms with Crippen molar-refractivity contribution in [1.82, 2.24) is 5.32 Å². The topological polar surface area (TPSA) is 84.9 Å².